The third-order valence-corrected chi connectivity index (χ3v) is 9.17. The van der Waals surface area contributed by atoms with Crippen molar-refractivity contribution in [2.75, 3.05) is 9.80 Å². The molecule has 0 radical (unpaired) electrons. The van der Waals surface area contributed by atoms with Gasteiger partial charge >= 0.3 is 0 Å². The van der Waals surface area contributed by atoms with E-state index in [2.05, 4.69) is 183 Å². The fourth-order valence-electron chi connectivity index (χ4n) is 5.44. The van der Waals surface area contributed by atoms with E-state index in [4.69, 9.17) is 0 Å². The molecule has 0 amide bonds. The summed E-state index contributed by atoms with van der Waals surface area (Å²) in [5, 5.41) is 0. The molecule has 0 aliphatic heterocycles. The number of anilines is 6. The van der Waals surface area contributed by atoms with E-state index >= 15 is 0 Å². The van der Waals surface area contributed by atoms with E-state index in [9.17, 15) is 0 Å². The zero-order valence-electron chi connectivity index (χ0n) is 26.6. The molecule has 0 aliphatic rings. The molecule has 6 rings (SSSR count). The smallest absolute Gasteiger partial charge is 0.0461 e. The number of aryl methyl sites for hydroxylation is 4. The molecule has 0 atom stereocenters. The van der Waals surface area contributed by atoms with E-state index in [-0.39, 0.29) is 0 Å². The highest BCUT2D eigenvalue weighted by Crippen LogP contribution is 2.37. The Bertz CT molecular complexity index is 1580. The summed E-state index contributed by atoms with van der Waals surface area (Å²) < 4.78 is 0. The van der Waals surface area contributed by atoms with Crippen LogP contribution in [-0.2, 0) is 11.5 Å². The van der Waals surface area contributed by atoms with Crippen LogP contribution >= 0.6 is 11.8 Å². The molecular weight excluding hydrogens is 565 g/mol. The van der Waals surface area contributed by atoms with Crippen LogP contribution in [0.1, 0.15) is 33.4 Å². The van der Waals surface area contributed by atoms with Crippen LogP contribution in [0.2, 0.25) is 0 Å². The number of nitrogens with zero attached hydrogens (tertiary/aromatic N) is 2. The fourth-order valence-corrected chi connectivity index (χ4v) is 6.40. The van der Waals surface area contributed by atoms with Crippen molar-refractivity contribution in [2.24, 2.45) is 0 Å². The van der Waals surface area contributed by atoms with Gasteiger partial charge in [-0.2, -0.15) is 11.8 Å². The standard InChI is InChI=1S/C42H40N2S/c1-31-5-17-37(18-6-31)43(38-19-7-32(2)8-20-38)41-25-13-35(14-26-41)29-45-30-36-15-27-42(28-16-36)44(39-21-9-33(3)10-22-39)40-23-11-34(4)12-24-40/h5-28H,29-30H2,1-4H3. The van der Waals surface area contributed by atoms with Crippen LogP contribution in [0.25, 0.3) is 0 Å². The lowest BCUT2D eigenvalue weighted by Gasteiger charge is -2.26. The Morgan fingerprint density at radius 2 is 0.511 bits per heavy atom. The van der Waals surface area contributed by atoms with Gasteiger partial charge in [0.1, 0.15) is 0 Å². The lowest BCUT2D eigenvalue weighted by molar-refractivity contribution is 1.25. The molecule has 0 bridgehead atoms. The van der Waals surface area contributed by atoms with Crippen molar-refractivity contribution in [3.8, 4) is 0 Å². The normalized spacial score (nSPS) is 10.9. The Morgan fingerprint density at radius 1 is 0.311 bits per heavy atom. The van der Waals surface area contributed by atoms with Gasteiger partial charge < -0.3 is 9.80 Å². The minimum Gasteiger partial charge on any atom is -0.311 e. The zero-order valence-corrected chi connectivity index (χ0v) is 27.4. The van der Waals surface area contributed by atoms with Crippen molar-refractivity contribution in [3.63, 3.8) is 0 Å². The predicted molar refractivity (Wildman–Crippen MR) is 196 cm³/mol. The summed E-state index contributed by atoms with van der Waals surface area (Å²) in [6.45, 7) is 8.53. The Kier molecular flexibility index (Phi) is 9.38. The van der Waals surface area contributed by atoms with Crippen LogP contribution in [-0.4, -0.2) is 0 Å². The Labute approximate surface area is 273 Å². The topological polar surface area (TPSA) is 6.48 Å². The van der Waals surface area contributed by atoms with Crippen LogP contribution in [0.4, 0.5) is 34.1 Å². The summed E-state index contributed by atoms with van der Waals surface area (Å²) in [4.78, 5) is 4.65. The third-order valence-electron chi connectivity index (χ3n) is 8.10. The van der Waals surface area contributed by atoms with Gasteiger partial charge in [0.25, 0.3) is 0 Å². The van der Waals surface area contributed by atoms with Crippen LogP contribution < -0.4 is 9.80 Å². The molecule has 3 heteroatoms. The lowest BCUT2D eigenvalue weighted by Crippen LogP contribution is -2.10. The fraction of sp³-hybridized carbons (Fsp3) is 0.143. The Balaban J connectivity index is 1.13. The van der Waals surface area contributed by atoms with Crippen LogP contribution in [0, 0.1) is 27.7 Å². The van der Waals surface area contributed by atoms with Gasteiger partial charge in [0.2, 0.25) is 0 Å². The van der Waals surface area contributed by atoms with Crippen molar-refractivity contribution in [3.05, 3.63) is 179 Å². The van der Waals surface area contributed by atoms with Gasteiger partial charge in [-0.15, -0.1) is 0 Å². The summed E-state index contributed by atoms with van der Waals surface area (Å²) in [5.41, 5.74) is 14.7. The first kappa shape index (κ1) is 30.3. The SMILES string of the molecule is Cc1ccc(N(c2ccc(C)cc2)c2ccc(CSCc3ccc(N(c4ccc(C)cc4)c4ccc(C)cc4)cc3)cc2)cc1. The number of thioether (sulfide) groups is 1. The first-order valence-corrected chi connectivity index (χ1v) is 16.7. The van der Waals surface area contributed by atoms with Crippen molar-refractivity contribution in [1.29, 1.82) is 0 Å². The molecule has 2 nitrogen and oxygen atoms in total. The second kappa shape index (κ2) is 13.9. The molecule has 0 unspecified atom stereocenters. The molecule has 0 heterocycles. The summed E-state index contributed by atoms with van der Waals surface area (Å²) in [5.74, 6) is 1.94. The highest BCUT2D eigenvalue weighted by Gasteiger charge is 2.14. The first-order valence-electron chi connectivity index (χ1n) is 15.6. The first-order chi connectivity index (χ1) is 21.9. The van der Waals surface area contributed by atoms with Gasteiger partial charge in [0.05, 0.1) is 0 Å². The van der Waals surface area contributed by atoms with E-state index < -0.39 is 0 Å². The second-order valence-corrected chi connectivity index (χ2v) is 12.8. The third kappa shape index (κ3) is 7.50. The van der Waals surface area contributed by atoms with Crippen molar-refractivity contribution in [2.45, 2.75) is 39.2 Å². The molecule has 0 saturated heterocycles. The maximum absolute atomic E-state index is 2.33. The van der Waals surface area contributed by atoms with E-state index in [0.717, 1.165) is 11.5 Å². The molecule has 45 heavy (non-hydrogen) atoms. The molecule has 0 spiro atoms. The monoisotopic (exact) mass is 604 g/mol. The van der Waals surface area contributed by atoms with Crippen molar-refractivity contribution < 1.29 is 0 Å². The maximum atomic E-state index is 2.33. The summed E-state index contributed by atoms with van der Waals surface area (Å²) >= 11 is 1.95. The molecule has 0 aromatic heterocycles. The van der Waals surface area contributed by atoms with Gasteiger partial charge in [-0.1, -0.05) is 95.1 Å². The van der Waals surface area contributed by atoms with Gasteiger partial charge in [0.15, 0.2) is 0 Å². The molecule has 0 saturated carbocycles. The van der Waals surface area contributed by atoms with Crippen molar-refractivity contribution in [1.82, 2.24) is 0 Å². The second-order valence-electron chi connectivity index (χ2n) is 11.8. The summed E-state index contributed by atoms with van der Waals surface area (Å²) in [6, 6.07) is 53.1. The van der Waals surface area contributed by atoms with Crippen LogP contribution in [0.15, 0.2) is 146 Å². The molecule has 0 aliphatic carbocycles. The number of hydrogen-bond donors (Lipinski definition) is 0. The minimum atomic E-state index is 0.968. The van der Waals surface area contributed by atoms with E-state index in [1.54, 1.807) is 0 Å². The summed E-state index contributed by atoms with van der Waals surface area (Å²) in [7, 11) is 0. The molecule has 224 valence electrons. The van der Waals surface area contributed by atoms with Gasteiger partial charge in [-0.3, -0.25) is 0 Å². The molecule has 6 aromatic rings. The lowest BCUT2D eigenvalue weighted by atomic mass is 10.1. The van der Waals surface area contributed by atoms with Crippen LogP contribution in [0.3, 0.4) is 0 Å². The van der Waals surface area contributed by atoms with E-state index in [1.807, 2.05) is 11.8 Å². The molecule has 6 aromatic carbocycles. The van der Waals surface area contributed by atoms with Gasteiger partial charge in [-0.25, -0.2) is 0 Å². The highest BCUT2D eigenvalue weighted by atomic mass is 32.2. The van der Waals surface area contributed by atoms with Gasteiger partial charge in [0, 0.05) is 45.6 Å². The van der Waals surface area contributed by atoms with Crippen LogP contribution in [0.5, 0.6) is 0 Å². The Morgan fingerprint density at radius 3 is 0.733 bits per heavy atom. The molecular formula is C42H40N2S. The highest BCUT2D eigenvalue weighted by molar-refractivity contribution is 7.97. The number of benzene rings is 6. The Hall–Kier alpha value is -4.73. The molecule has 0 fully saturated rings. The number of rotatable bonds is 10. The average Bonchev–Trinajstić information content (AvgIpc) is 3.06. The molecule has 0 N–H and O–H groups in total. The zero-order chi connectivity index (χ0) is 31.2. The van der Waals surface area contributed by atoms with Crippen molar-refractivity contribution >= 4 is 45.9 Å². The largest absolute Gasteiger partial charge is 0.311 e. The average molecular weight is 605 g/mol. The number of hydrogen-bond acceptors (Lipinski definition) is 3. The minimum absolute atomic E-state index is 0.968. The van der Waals surface area contributed by atoms with E-state index in [0.29, 0.717) is 0 Å². The van der Waals surface area contributed by atoms with Gasteiger partial charge in [-0.05, 0) is 112 Å². The summed E-state index contributed by atoms with van der Waals surface area (Å²) in [6.07, 6.45) is 0. The quantitative estimate of drug-likeness (QED) is 0.154. The maximum Gasteiger partial charge on any atom is 0.0461 e. The van der Waals surface area contributed by atoms with E-state index in [1.165, 1.54) is 67.5 Å². The predicted octanol–water partition coefficient (Wildman–Crippen LogP) is 12.3.